The molecule has 0 aromatic carbocycles. The first-order valence-corrected chi connectivity index (χ1v) is 7.16. The summed E-state index contributed by atoms with van der Waals surface area (Å²) < 4.78 is 0. The normalized spacial score (nSPS) is 21.2. The van der Waals surface area contributed by atoms with E-state index in [-0.39, 0.29) is 23.8 Å². The topological polar surface area (TPSA) is 102 Å². The lowest BCUT2D eigenvalue weighted by Crippen LogP contribution is -2.44. The largest absolute Gasteiger partial charge is 0.369 e. The van der Waals surface area contributed by atoms with Gasteiger partial charge in [-0.1, -0.05) is 0 Å². The third-order valence-electron chi connectivity index (χ3n) is 3.24. The van der Waals surface area contributed by atoms with Crippen LogP contribution in [0.5, 0.6) is 0 Å². The Kier molecular flexibility index (Phi) is 4.16. The minimum Gasteiger partial charge on any atom is -0.369 e. The number of likely N-dealkylation sites (tertiary alicyclic amines) is 1. The van der Waals surface area contributed by atoms with Crippen LogP contribution in [0, 0.1) is 5.92 Å². The van der Waals surface area contributed by atoms with E-state index < -0.39 is 0 Å². The second-order valence-corrected chi connectivity index (χ2v) is 5.74. The molecule has 4 N–H and O–H groups in total. The van der Waals surface area contributed by atoms with Crippen molar-refractivity contribution < 1.29 is 9.59 Å². The Morgan fingerprint density at radius 3 is 2.89 bits per heavy atom. The average molecular weight is 282 g/mol. The fraction of sp³-hybridized carbons (Fsp3) is 0.583. The van der Waals surface area contributed by atoms with Crippen molar-refractivity contribution in [2.45, 2.75) is 25.8 Å². The van der Waals surface area contributed by atoms with Gasteiger partial charge in [0.15, 0.2) is 0 Å². The molecule has 1 aliphatic rings. The van der Waals surface area contributed by atoms with Crippen LogP contribution in [0.1, 0.15) is 41.3 Å². The summed E-state index contributed by atoms with van der Waals surface area (Å²) in [7, 11) is 0. The first-order chi connectivity index (χ1) is 8.99. The maximum absolute atomic E-state index is 12.3. The number of primary amides is 1. The number of amides is 2. The summed E-state index contributed by atoms with van der Waals surface area (Å²) in [5.74, 6) is -0.731. The second-order valence-electron chi connectivity index (χ2n) is 4.85. The van der Waals surface area contributed by atoms with E-state index in [9.17, 15) is 9.59 Å². The third-order valence-corrected chi connectivity index (χ3v) is 4.29. The molecule has 0 aliphatic carbocycles. The van der Waals surface area contributed by atoms with E-state index in [1.54, 1.807) is 10.3 Å². The molecule has 0 spiro atoms. The molecule has 2 atom stereocenters. The smallest absolute Gasteiger partial charge is 0.273 e. The minimum atomic E-state index is -0.341. The Balaban J connectivity index is 2.08. The van der Waals surface area contributed by atoms with Crippen molar-refractivity contribution in [2.24, 2.45) is 17.4 Å². The molecule has 1 aromatic rings. The van der Waals surface area contributed by atoms with Gasteiger partial charge in [0.1, 0.15) is 10.7 Å². The van der Waals surface area contributed by atoms with E-state index in [2.05, 4.69) is 4.98 Å². The van der Waals surface area contributed by atoms with Crippen LogP contribution in [0.15, 0.2) is 5.38 Å². The van der Waals surface area contributed by atoms with Gasteiger partial charge in [-0.05, 0) is 19.8 Å². The Labute approximate surface area is 115 Å². The maximum Gasteiger partial charge on any atom is 0.273 e. The van der Waals surface area contributed by atoms with Crippen LogP contribution >= 0.6 is 11.3 Å². The summed E-state index contributed by atoms with van der Waals surface area (Å²) in [6.07, 6.45) is 1.55. The highest BCUT2D eigenvalue weighted by Crippen LogP contribution is 2.21. The van der Waals surface area contributed by atoms with Crippen molar-refractivity contribution in [1.82, 2.24) is 9.88 Å². The maximum atomic E-state index is 12.3. The molecule has 1 fully saturated rings. The summed E-state index contributed by atoms with van der Waals surface area (Å²) in [5.41, 5.74) is 11.4. The predicted octanol–water partition coefficient (Wildman–Crippen LogP) is 0.500. The van der Waals surface area contributed by atoms with Crippen LogP contribution < -0.4 is 11.5 Å². The zero-order valence-electron chi connectivity index (χ0n) is 10.8. The molecular weight excluding hydrogens is 264 g/mol. The molecule has 1 aliphatic heterocycles. The van der Waals surface area contributed by atoms with Crippen LogP contribution in [0.2, 0.25) is 0 Å². The number of piperidine rings is 1. The number of thiazole rings is 1. The number of hydrogen-bond donors (Lipinski definition) is 2. The molecule has 2 amide bonds. The summed E-state index contributed by atoms with van der Waals surface area (Å²) in [4.78, 5) is 29.4. The number of hydrogen-bond acceptors (Lipinski definition) is 5. The molecule has 1 aromatic heterocycles. The molecule has 1 saturated heterocycles. The molecule has 104 valence electrons. The van der Waals surface area contributed by atoms with Crippen molar-refractivity contribution in [3.05, 3.63) is 16.1 Å². The summed E-state index contributed by atoms with van der Waals surface area (Å²) in [6.45, 7) is 2.87. The van der Waals surface area contributed by atoms with Crippen LogP contribution in [0.4, 0.5) is 0 Å². The standard InChI is InChI=1S/C12H18N4O2S/c1-7(13)11-15-9(6-19-11)12(18)16-4-2-3-8(5-16)10(14)17/h6-8H,2-5,13H2,1H3,(H2,14,17). The number of rotatable bonds is 3. The second kappa shape index (κ2) is 5.66. The molecule has 7 heteroatoms. The quantitative estimate of drug-likeness (QED) is 0.842. The van der Waals surface area contributed by atoms with Gasteiger partial charge in [-0.3, -0.25) is 9.59 Å². The lowest BCUT2D eigenvalue weighted by Gasteiger charge is -2.30. The molecule has 0 saturated carbocycles. The van der Waals surface area contributed by atoms with Crippen LogP contribution in [0.3, 0.4) is 0 Å². The van der Waals surface area contributed by atoms with Gasteiger partial charge in [-0.2, -0.15) is 0 Å². The molecule has 0 radical (unpaired) electrons. The number of carbonyl (C=O) groups is 2. The van der Waals surface area contributed by atoms with Gasteiger partial charge in [0.25, 0.3) is 5.91 Å². The first-order valence-electron chi connectivity index (χ1n) is 6.28. The SMILES string of the molecule is CC(N)c1nc(C(=O)N2CCCC(C(N)=O)C2)cs1. The lowest BCUT2D eigenvalue weighted by molar-refractivity contribution is -0.123. The van der Waals surface area contributed by atoms with Gasteiger partial charge in [-0.25, -0.2) is 4.98 Å². The van der Waals surface area contributed by atoms with Gasteiger partial charge in [0.2, 0.25) is 5.91 Å². The molecule has 19 heavy (non-hydrogen) atoms. The number of nitrogens with two attached hydrogens (primary N) is 2. The van der Waals surface area contributed by atoms with Gasteiger partial charge in [0.05, 0.1) is 12.0 Å². The summed E-state index contributed by atoms with van der Waals surface area (Å²) in [5, 5.41) is 2.46. The van der Waals surface area contributed by atoms with Gasteiger partial charge in [-0.15, -0.1) is 11.3 Å². The van der Waals surface area contributed by atoms with Crippen LogP contribution in [-0.2, 0) is 4.79 Å². The molecule has 0 bridgehead atoms. The summed E-state index contributed by atoms with van der Waals surface area (Å²) in [6, 6.07) is -0.175. The van der Waals surface area contributed by atoms with Gasteiger partial charge >= 0.3 is 0 Å². The Morgan fingerprint density at radius 1 is 1.58 bits per heavy atom. The molecule has 6 nitrogen and oxygen atoms in total. The zero-order chi connectivity index (χ0) is 14.0. The highest BCUT2D eigenvalue weighted by atomic mass is 32.1. The third kappa shape index (κ3) is 3.10. The zero-order valence-corrected chi connectivity index (χ0v) is 11.7. The molecule has 2 rings (SSSR count). The highest BCUT2D eigenvalue weighted by molar-refractivity contribution is 7.09. The fourth-order valence-corrected chi connectivity index (χ4v) is 2.90. The molecule has 2 unspecified atom stereocenters. The minimum absolute atomic E-state index is 0.144. The fourth-order valence-electron chi connectivity index (χ4n) is 2.15. The summed E-state index contributed by atoms with van der Waals surface area (Å²) >= 11 is 1.38. The number of carbonyl (C=O) groups excluding carboxylic acids is 2. The van der Waals surface area contributed by atoms with E-state index in [4.69, 9.17) is 11.5 Å². The molecular formula is C12H18N4O2S. The number of nitrogens with zero attached hydrogens (tertiary/aromatic N) is 2. The van der Waals surface area contributed by atoms with E-state index in [0.717, 1.165) is 17.8 Å². The monoisotopic (exact) mass is 282 g/mol. The van der Waals surface area contributed by atoms with Crippen LogP contribution in [0.25, 0.3) is 0 Å². The molecule has 2 heterocycles. The Morgan fingerprint density at radius 2 is 2.32 bits per heavy atom. The Hall–Kier alpha value is -1.47. The van der Waals surface area contributed by atoms with Crippen molar-refractivity contribution in [3.63, 3.8) is 0 Å². The van der Waals surface area contributed by atoms with Crippen molar-refractivity contribution in [2.75, 3.05) is 13.1 Å². The van der Waals surface area contributed by atoms with Crippen molar-refractivity contribution in [1.29, 1.82) is 0 Å². The van der Waals surface area contributed by atoms with E-state index in [1.165, 1.54) is 11.3 Å². The van der Waals surface area contributed by atoms with Gasteiger partial charge < -0.3 is 16.4 Å². The van der Waals surface area contributed by atoms with E-state index in [1.807, 2.05) is 6.92 Å². The highest BCUT2D eigenvalue weighted by Gasteiger charge is 2.28. The number of aromatic nitrogens is 1. The van der Waals surface area contributed by atoms with E-state index >= 15 is 0 Å². The van der Waals surface area contributed by atoms with Crippen LogP contribution in [-0.4, -0.2) is 34.8 Å². The van der Waals surface area contributed by atoms with Gasteiger partial charge in [0, 0.05) is 18.5 Å². The van der Waals surface area contributed by atoms with Crippen molar-refractivity contribution in [3.8, 4) is 0 Å². The first kappa shape index (κ1) is 14.0. The average Bonchev–Trinajstić information content (AvgIpc) is 2.87. The lowest BCUT2D eigenvalue weighted by atomic mass is 9.97. The predicted molar refractivity (Wildman–Crippen MR) is 72.5 cm³/mol. The van der Waals surface area contributed by atoms with E-state index in [0.29, 0.717) is 18.8 Å². The Bertz CT molecular complexity index is 486. The van der Waals surface area contributed by atoms with Crippen molar-refractivity contribution >= 4 is 23.2 Å².